The number of hydrogen-bond acceptors (Lipinski definition) is 2. The summed E-state index contributed by atoms with van der Waals surface area (Å²) in [5, 5.41) is 0. The fourth-order valence-corrected chi connectivity index (χ4v) is 3.38. The molecular weight excluding hydrogens is 246 g/mol. The minimum Gasteiger partial charge on any atom is -0.292 e. The number of rotatable bonds is 6. The fourth-order valence-electron chi connectivity index (χ4n) is 3.38. The summed E-state index contributed by atoms with van der Waals surface area (Å²) in [6.07, 6.45) is 6.15. The summed E-state index contributed by atoms with van der Waals surface area (Å²) in [5.41, 5.74) is 2.14. The summed E-state index contributed by atoms with van der Waals surface area (Å²) in [7, 11) is 0. The van der Waals surface area contributed by atoms with E-state index in [0.717, 1.165) is 18.5 Å². The van der Waals surface area contributed by atoms with Crippen LogP contribution in [-0.4, -0.2) is 29.3 Å². The predicted octanol–water partition coefficient (Wildman–Crippen LogP) is 4.08. The second-order valence-electron chi connectivity index (χ2n) is 5.86. The Bertz CT molecular complexity index is 431. The highest BCUT2D eigenvalue weighted by Gasteiger charge is 2.29. The van der Waals surface area contributed by atoms with Crippen LogP contribution in [0.5, 0.6) is 0 Å². The first kappa shape index (κ1) is 15.2. The van der Waals surface area contributed by atoms with Crippen LogP contribution in [0.15, 0.2) is 24.3 Å². The number of carbonyl (C=O) groups excluding carboxylic acids is 1. The quantitative estimate of drug-likeness (QED) is 0.728. The first-order valence-corrected chi connectivity index (χ1v) is 8.06. The minimum atomic E-state index is -0.00410. The largest absolute Gasteiger partial charge is 0.292 e. The Hall–Kier alpha value is -1.15. The monoisotopic (exact) mass is 273 g/mol. The maximum Gasteiger partial charge on any atom is 0.179 e. The molecule has 2 rings (SSSR count). The molecule has 0 heterocycles. The molecule has 1 fully saturated rings. The van der Waals surface area contributed by atoms with Crippen molar-refractivity contribution < 1.29 is 4.79 Å². The van der Waals surface area contributed by atoms with Gasteiger partial charge in [0.2, 0.25) is 0 Å². The molecule has 0 aliphatic heterocycles. The van der Waals surface area contributed by atoms with E-state index in [0.29, 0.717) is 6.04 Å². The van der Waals surface area contributed by atoms with Crippen molar-refractivity contribution in [2.24, 2.45) is 0 Å². The molecule has 0 amide bonds. The lowest BCUT2D eigenvalue weighted by Gasteiger charge is -2.32. The Balaban J connectivity index is 2.09. The molecule has 0 radical (unpaired) electrons. The van der Waals surface area contributed by atoms with Crippen molar-refractivity contribution >= 4 is 5.78 Å². The number of nitrogens with zero attached hydrogens (tertiary/aromatic N) is 1. The van der Waals surface area contributed by atoms with Crippen LogP contribution in [0.3, 0.4) is 0 Å². The molecular formula is C18H27NO. The highest BCUT2D eigenvalue weighted by molar-refractivity contribution is 5.99. The van der Waals surface area contributed by atoms with Gasteiger partial charge in [0.25, 0.3) is 0 Å². The van der Waals surface area contributed by atoms with Crippen LogP contribution in [0.25, 0.3) is 0 Å². The first-order chi connectivity index (χ1) is 9.67. The van der Waals surface area contributed by atoms with E-state index < -0.39 is 0 Å². The molecule has 1 aliphatic rings. The van der Waals surface area contributed by atoms with Crippen LogP contribution in [0.4, 0.5) is 0 Å². The van der Waals surface area contributed by atoms with Gasteiger partial charge in [0.1, 0.15) is 0 Å². The molecule has 0 saturated heterocycles. The van der Waals surface area contributed by atoms with Gasteiger partial charge in [-0.3, -0.25) is 9.69 Å². The van der Waals surface area contributed by atoms with Crippen molar-refractivity contribution in [3.05, 3.63) is 35.4 Å². The zero-order chi connectivity index (χ0) is 14.5. The Morgan fingerprint density at radius 3 is 2.30 bits per heavy atom. The number of hydrogen-bond donors (Lipinski definition) is 0. The first-order valence-electron chi connectivity index (χ1n) is 8.06. The van der Waals surface area contributed by atoms with Crippen LogP contribution >= 0.6 is 0 Å². The third-order valence-corrected chi connectivity index (χ3v) is 4.68. The molecule has 1 aliphatic carbocycles. The lowest BCUT2D eigenvalue weighted by atomic mass is 10.0. The fraction of sp³-hybridized carbons (Fsp3) is 0.611. The van der Waals surface area contributed by atoms with E-state index in [-0.39, 0.29) is 11.8 Å². The van der Waals surface area contributed by atoms with Gasteiger partial charge in [-0.1, -0.05) is 51.0 Å². The number of ketones is 1. The summed E-state index contributed by atoms with van der Waals surface area (Å²) in [5.74, 6) is 0.265. The van der Waals surface area contributed by atoms with Crippen molar-refractivity contribution in [3.8, 4) is 0 Å². The van der Waals surface area contributed by atoms with E-state index in [4.69, 9.17) is 0 Å². The Kier molecular flexibility index (Phi) is 5.36. The Morgan fingerprint density at radius 1 is 1.20 bits per heavy atom. The smallest absolute Gasteiger partial charge is 0.179 e. The van der Waals surface area contributed by atoms with E-state index in [1.807, 2.05) is 12.1 Å². The third kappa shape index (κ3) is 3.29. The maximum absolute atomic E-state index is 12.7. The van der Waals surface area contributed by atoms with Crippen LogP contribution in [-0.2, 0) is 6.42 Å². The van der Waals surface area contributed by atoms with Crippen molar-refractivity contribution in [3.63, 3.8) is 0 Å². The number of likely N-dealkylation sites (N-methyl/N-ethyl adjacent to an activating group) is 1. The van der Waals surface area contributed by atoms with E-state index in [1.54, 1.807) is 0 Å². The van der Waals surface area contributed by atoms with Gasteiger partial charge in [-0.05, 0) is 38.3 Å². The Morgan fingerprint density at radius 2 is 1.80 bits per heavy atom. The summed E-state index contributed by atoms with van der Waals surface area (Å²) in [4.78, 5) is 15.1. The van der Waals surface area contributed by atoms with Crippen molar-refractivity contribution in [1.29, 1.82) is 0 Å². The summed E-state index contributed by atoms with van der Waals surface area (Å²) >= 11 is 0. The molecule has 1 aromatic carbocycles. The van der Waals surface area contributed by atoms with Crippen molar-refractivity contribution in [2.75, 3.05) is 6.54 Å². The number of benzene rings is 1. The van der Waals surface area contributed by atoms with Gasteiger partial charge in [-0.2, -0.15) is 0 Å². The van der Waals surface area contributed by atoms with Crippen LogP contribution in [0, 0.1) is 0 Å². The van der Waals surface area contributed by atoms with Crippen LogP contribution < -0.4 is 0 Å². The number of aryl methyl sites for hydroxylation is 1. The van der Waals surface area contributed by atoms with E-state index in [9.17, 15) is 4.79 Å². The molecule has 0 spiro atoms. The Labute approximate surface area is 123 Å². The number of Topliss-reactive ketones (excluding diaryl/α,β-unsaturated/α-hetero) is 1. The molecule has 1 unspecified atom stereocenters. The molecule has 110 valence electrons. The number of carbonyl (C=O) groups is 1. The summed E-state index contributed by atoms with van der Waals surface area (Å²) < 4.78 is 0. The third-order valence-electron chi connectivity index (χ3n) is 4.68. The molecule has 20 heavy (non-hydrogen) atoms. The van der Waals surface area contributed by atoms with Crippen molar-refractivity contribution in [1.82, 2.24) is 4.90 Å². The topological polar surface area (TPSA) is 20.3 Å². The van der Waals surface area contributed by atoms with Crippen LogP contribution in [0.2, 0.25) is 0 Å². The highest BCUT2D eigenvalue weighted by atomic mass is 16.1. The molecule has 1 atom stereocenters. The second kappa shape index (κ2) is 7.03. The lowest BCUT2D eigenvalue weighted by Crippen LogP contribution is -2.44. The minimum absolute atomic E-state index is 0.00410. The molecule has 1 saturated carbocycles. The van der Waals surface area contributed by atoms with Gasteiger partial charge < -0.3 is 0 Å². The lowest BCUT2D eigenvalue weighted by molar-refractivity contribution is 0.0775. The average molecular weight is 273 g/mol. The normalized spacial score (nSPS) is 17.6. The molecule has 1 aromatic rings. The summed E-state index contributed by atoms with van der Waals surface area (Å²) in [6, 6.07) is 8.72. The molecule has 0 aromatic heterocycles. The zero-order valence-electron chi connectivity index (χ0n) is 13.1. The van der Waals surface area contributed by atoms with Crippen molar-refractivity contribution in [2.45, 2.75) is 65.0 Å². The predicted molar refractivity (Wildman–Crippen MR) is 84.2 cm³/mol. The molecule has 2 heteroatoms. The summed E-state index contributed by atoms with van der Waals surface area (Å²) in [6.45, 7) is 7.34. The average Bonchev–Trinajstić information content (AvgIpc) is 3.01. The van der Waals surface area contributed by atoms with Gasteiger partial charge in [-0.25, -0.2) is 0 Å². The van der Waals surface area contributed by atoms with Crippen LogP contribution in [0.1, 0.15) is 62.4 Å². The van der Waals surface area contributed by atoms with E-state index in [2.05, 4.69) is 37.8 Å². The SMILES string of the molecule is CCc1ccc(C(=O)C(C)N(CC)C2CCCC2)cc1. The molecule has 2 nitrogen and oxygen atoms in total. The maximum atomic E-state index is 12.7. The second-order valence-corrected chi connectivity index (χ2v) is 5.86. The van der Waals surface area contributed by atoms with Gasteiger partial charge in [0, 0.05) is 11.6 Å². The standard InChI is InChI=1S/C18H27NO/c1-4-15-10-12-16(13-11-15)18(20)14(3)19(5-2)17-8-6-7-9-17/h10-14,17H,4-9H2,1-3H3. The highest BCUT2D eigenvalue weighted by Crippen LogP contribution is 2.26. The van der Waals surface area contributed by atoms with Gasteiger partial charge >= 0.3 is 0 Å². The van der Waals surface area contributed by atoms with Gasteiger partial charge in [-0.15, -0.1) is 0 Å². The molecule has 0 bridgehead atoms. The molecule has 0 N–H and O–H groups in total. The zero-order valence-corrected chi connectivity index (χ0v) is 13.1. The van der Waals surface area contributed by atoms with Gasteiger partial charge in [0.05, 0.1) is 6.04 Å². The van der Waals surface area contributed by atoms with E-state index in [1.165, 1.54) is 31.2 Å². The van der Waals surface area contributed by atoms with E-state index >= 15 is 0 Å². The van der Waals surface area contributed by atoms with Gasteiger partial charge in [0.15, 0.2) is 5.78 Å².